The molecule has 0 bridgehead atoms. The summed E-state index contributed by atoms with van der Waals surface area (Å²) in [4.78, 5) is 24.9. The van der Waals surface area contributed by atoms with Gasteiger partial charge in [-0.3, -0.25) is 9.59 Å². The van der Waals surface area contributed by atoms with Crippen molar-refractivity contribution in [3.63, 3.8) is 0 Å². The number of hydrogen-bond acceptors (Lipinski definition) is 3. The van der Waals surface area contributed by atoms with Crippen LogP contribution >= 0.6 is 0 Å². The highest BCUT2D eigenvalue weighted by Gasteiger charge is 2.48. The quantitative estimate of drug-likeness (QED) is 0.740. The summed E-state index contributed by atoms with van der Waals surface area (Å²) in [5.74, 6) is -1.29. The average molecular weight is 255 g/mol. The van der Waals surface area contributed by atoms with Crippen molar-refractivity contribution in [2.75, 3.05) is 13.2 Å². The number of carboxylic acids is 1. The summed E-state index contributed by atoms with van der Waals surface area (Å²) >= 11 is 0. The third-order valence-electron chi connectivity index (χ3n) is 3.59. The van der Waals surface area contributed by atoms with Crippen molar-refractivity contribution in [1.29, 1.82) is 0 Å². The second-order valence-corrected chi connectivity index (χ2v) is 5.30. The Morgan fingerprint density at radius 1 is 1.44 bits per heavy atom. The fraction of sp³-hybridized carbons (Fsp3) is 0.846. The fourth-order valence-electron chi connectivity index (χ4n) is 2.22. The lowest BCUT2D eigenvalue weighted by molar-refractivity contribution is -0.143. The predicted molar refractivity (Wildman–Crippen MR) is 65.1 cm³/mol. The second kappa shape index (κ2) is 5.26. The summed E-state index contributed by atoms with van der Waals surface area (Å²) in [7, 11) is 0. The van der Waals surface area contributed by atoms with Gasteiger partial charge in [-0.05, 0) is 26.2 Å². The minimum atomic E-state index is -0.842. The zero-order chi connectivity index (χ0) is 13.3. The largest absolute Gasteiger partial charge is 0.481 e. The minimum Gasteiger partial charge on any atom is -0.481 e. The van der Waals surface area contributed by atoms with Gasteiger partial charge in [-0.2, -0.15) is 0 Å². The molecule has 0 aliphatic heterocycles. The van der Waals surface area contributed by atoms with Gasteiger partial charge in [0.15, 0.2) is 0 Å². The highest BCUT2D eigenvalue weighted by Crippen LogP contribution is 2.38. The summed E-state index contributed by atoms with van der Waals surface area (Å²) in [6, 6.07) is 0.266. The zero-order valence-electron chi connectivity index (χ0n) is 11.0. The van der Waals surface area contributed by atoms with Gasteiger partial charge >= 0.3 is 5.97 Å². The van der Waals surface area contributed by atoms with Gasteiger partial charge in [0.05, 0.1) is 17.9 Å². The molecule has 1 N–H and O–H groups in total. The Hall–Kier alpha value is -1.10. The molecule has 2 aliphatic rings. The van der Waals surface area contributed by atoms with E-state index in [0.29, 0.717) is 13.2 Å². The molecular formula is C13H21NO4. The molecule has 2 saturated carbocycles. The van der Waals surface area contributed by atoms with Crippen molar-refractivity contribution < 1.29 is 19.4 Å². The molecule has 5 nitrogen and oxygen atoms in total. The van der Waals surface area contributed by atoms with E-state index in [0.717, 1.165) is 19.3 Å². The minimum absolute atomic E-state index is 0.0356. The van der Waals surface area contributed by atoms with Crippen LogP contribution in [-0.4, -0.2) is 47.2 Å². The topological polar surface area (TPSA) is 66.8 Å². The van der Waals surface area contributed by atoms with Crippen LogP contribution in [0.25, 0.3) is 0 Å². The number of carboxylic acid groups (broad SMARTS) is 1. The lowest BCUT2D eigenvalue weighted by atomic mass is 10.1. The molecule has 0 aromatic carbocycles. The van der Waals surface area contributed by atoms with E-state index in [4.69, 9.17) is 9.84 Å². The number of carbonyl (C=O) groups excluding carboxylic acids is 1. The molecule has 0 saturated heterocycles. The Morgan fingerprint density at radius 2 is 2.11 bits per heavy atom. The van der Waals surface area contributed by atoms with Crippen molar-refractivity contribution in [2.45, 2.75) is 45.3 Å². The Morgan fingerprint density at radius 3 is 2.61 bits per heavy atom. The summed E-state index contributed by atoms with van der Waals surface area (Å²) < 4.78 is 5.43. The van der Waals surface area contributed by atoms with Crippen molar-refractivity contribution in [2.24, 2.45) is 11.8 Å². The zero-order valence-corrected chi connectivity index (χ0v) is 11.0. The lowest BCUT2D eigenvalue weighted by Crippen LogP contribution is -2.40. The molecular weight excluding hydrogens is 234 g/mol. The van der Waals surface area contributed by atoms with Crippen LogP contribution in [-0.2, 0) is 14.3 Å². The molecule has 0 spiro atoms. The van der Waals surface area contributed by atoms with Gasteiger partial charge in [-0.25, -0.2) is 0 Å². The van der Waals surface area contributed by atoms with E-state index in [2.05, 4.69) is 0 Å². The van der Waals surface area contributed by atoms with E-state index in [1.807, 2.05) is 6.92 Å². The standard InChI is InChI=1S/C13H21NO4/c1-3-18-11-6-10(11)12(15)14(9-4-5-9)7-8(2)13(16)17/h8-11H,3-7H2,1-2H3,(H,16,17)/t8-,10+,11+/m0/s1. The number of nitrogens with zero attached hydrogens (tertiary/aromatic N) is 1. The molecule has 0 aromatic rings. The lowest BCUT2D eigenvalue weighted by Gasteiger charge is -2.24. The van der Waals surface area contributed by atoms with Gasteiger partial charge in [-0.1, -0.05) is 6.92 Å². The van der Waals surface area contributed by atoms with Gasteiger partial charge in [0.25, 0.3) is 0 Å². The van der Waals surface area contributed by atoms with Crippen LogP contribution in [0, 0.1) is 11.8 Å². The van der Waals surface area contributed by atoms with Crippen LogP contribution in [0.2, 0.25) is 0 Å². The first-order valence-corrected chi connectivity index (χ1v) is 6.69. The first-order valence-electron chi connectivity index (χ1n) is 6.69. The second-order valence-electron chi connectivity index (χ2n) is 5.30. The fourth-order valence-corrected chi connectivity index (χ4v) is 2.22. The smallest absolute Gasteiger partial charge is 0.308 e. The first-order chi connectivity index (χ1) is 8.54. The molecule has 2 rings (SSSR count). The Balaban J connectivity index is 1.90. The third-order valence-corrected chi connectivity index (χ3v) is 3.59. The van der Waals surface area contributed by atoms with E-state index in [1.54, 1.807) is 11.8 Å². The number of aliphatic carboxylic acids is 1. The Labute approximate surface area is 107 Å². The molecule has 102 valence electrons. The molecule has 3 atom stereocenters. The maximum absolute atomic E-state index is 12.3. The molecule has 2 fully saturated rings. The van der Waals surface area contributed by atoms with E-state index in [-0.39, 0.29) is 24.0 Å². The van der Waals surface area contributed by atoms with Crippen LogP contribution in [0.15, 0.2) is 0 Å². The Bertz CT molecular complexity index is 340. The van der Waals surface area contributed by atoms with E-state index < -0.39 is 11.9 Å². The highest BCUT2D eigenvalue weighted by atomic mass is 16.5. The number of amides is 1. The molecule has 1 amide bonds. The van der Waals surface area contributed by atoms with Gasteiger partial charge in [-0.15, -0.1) is 0 Å². The number of rotatable bonds is 7. The number of ether oxygens (including phenoxy) is 1. The van der Waals surface area contributed by atoms with E-state index in [9.17, 15) is 9.59 Å². The average Bonchev–Trinajstić information content (AvgIpc) is 3.18. The molecule has 18 heavy (non-hydrogen) atoms. The summed E-state index contributed by atoms with van der Waals surface area (Å²) in [6.45, 7) is 4.53. The summed E-state index contributed by atoms with van der Waals surface area (Å²) in [5.41, 5.74) is 0. The number of carbonyl (C=O) groups is 2. The highest BCUT2D eigenvalue weighted by molar-refractivity contribution is 5.83. The van der Waals surface area contributed by atoms with Crippen molar-refractivity contribution in [3.05, 3.63) is 0 Å². The molecule has 0 radical (unpaired) electrons. The van der Waals surface area contributed by atoms with Crippen LogP contribution in [0.3, 0.4) is 0 Å². The van der Waals surface area contributed by atoms with Crippen molar-refractivity contribution in [1.82, 2.24) is 4.90 Å². The molecule has 0 unspecified atom stereocenters. The van der Waals surface area contributed by atoms with Gasteiger partial charge in [0.1, 0.15) is 0 Å². The van der Waals surface area contributed by atoms with Crippen LogP contribution in [0.5, 0.6) is 0 Å². The van der Waals surface area contributed by atoms with Gasteiger partial charge in [0.2, 0.25) is 5.91 Å². The van der Waals surface area contributed by atoms with Crippen LogP contribution in [0.1, 0.15) is 33.1 Å². The van der Waals surface area contributed by atoms with E-state index >= 15 is 0 Å². The number of hydrogen-bond donors (Lipinski definition) is 1. The maximum atomic E-state index is 12.3. The molecule has 0 aromatic heterocycles. The maximum Gasteiger partial charge on any atom is 0.308 e. The van der Waals surface area contributed by atoms with Gasteiger partial charge < -0.3 is 14.7 Å². The molecule has 2 aliphatic carbocycles. The van der Waals surface area contributed by atoms with Crippen LogP contribution in [0.4, 0.5) is 0 Å². The van der Waals surface area contributed by atoms with Crippen LogP contribution < -0.4 is 0 Å². The summed E-state index contributed by atoms with van der Waals surface area (Å²) in [5, 5.41) is 8.94. The summed E-state index contributed by atoms with van der Waals surface area (Å²) in [6.07, 6.45) is 2.86. The molecule has 0 heterocycles. The third kappa shape index (κ3) is 3.02. The normalized spacial score (nSPS) is 27.7. The predicted octanol–water partition coefficient (Wildman–Crippen LogP) is 1.12. The molecule has 5 heteroatoms. The Kier molecular flexibility index (Phi) is 3.90. The monoisotopic (exact) mass is 255 g/mol. The SMILES string of the molecule is CCO[C@@H]1C[C@H]1C(=O)N(C[C@H](C)C(=O)O)C1CC1. The van der Waals surface area contributed by atoms with Crippen molar-refractivity contribution >= 4 is 11.9 Å². The van der Waals surface area contributed by atoms with Gasteiger partial charge in [0, 0.05) is 19.2 Å². The first kappa shape index (κ1) is 13.3. The van der Waals surface area contributed by atoms with E-state index in [1.165, 1.54) is 0 Å². The van der Waals surface area contributed by atoms with Crippen molar-refractivity contribution in [3.8, 4) is 0 Å².